The van der Waals surface area contributed by atoms with Gasteiger partial charge in [0.1, 0.15) is 0 Å². The van der Waals surface area contributed by atoms with Crippen LogP contribution in [0.5, 0.6) is 5.75 Å². The molecule has 0 saturated heterocycles. The number of carbonyl (C=O) groups is 1. The lowest BCUT2D eigenvalue weighted by molar-refractivity contribution is 0.0686. The number of aromatic nitrogens is 1. The Morgan fingerprint density at radius 2 is 2.00 bits per heavy atom. The highest BCUT2D eigenvalue weighted by Crippen LogP contribution is 2.29. The molecule has 0 fully saturated rings. The maximum Gasteiger partial charge on any atom is 0.358 e. The Hall–Kier alpha value is -2.44. The summed E-state index contributed by atoms with van der Waals surface area (Å²) in [4.78, 5) is 10.5. The number of phenols is 1. The molecule has 0 unspecified atom stereocenters. The largest absolute Gasteiger partial charge is 0.505 e. The molecular weight excluding hydrogens is 236 g/mol. The first-order valence-corrected chi connectivity index (χ1v) is 4.38. The van der Waals surface area contributed by atoms with E-state index in [4.69, 9.17) is 10.2 Å². The van der Waals surface area contributed by atoms with Crippen LogP contribution in [-0.4, -0.2) is 21.3 Å². The van der Waals surface area contributed by atoms with Crippen molar-refractivity contribution < 1.29 is 28.3 Å². The number of nitrogens with zero attached hydrogens (tertiary/aromatic N) is 1. The van der Waals surface area contributed by atoms with Crippen molar-refractivity contribution in [3.63, 3.8) is 0 Å². The van der Waals surface area contributed by atoms with Crippen LogP contribution in [0.15, 0.2) is 22.7 Å². The lowest BCUT2D eigenvalue weighted by Crippen LogP contribution is -1.94. The molecule has 2 N–H and O–H groups in total. The highest BCUT2D eigenvalue weighted by molar-refractivity contribution is 5.86. The second kappa shape index (κ2) is 3.85. The summed E-state index contributed by atoms with van der Waals surface area (Å²) >= 11 is 0. The van der Waals surface area contributed by atoms with E-state index in [1.54, 1.807) is 0 Å². The third-order valence-electron chi connectivity index (χ3n) is 2.06. The van der Waals surface area contributed by atoms with E-state index in [0.29, 0.717) is 0 Å². The molecule has 0 bridgehead atoms. The highest BCUT2D eigenvalue weighted by atomic mass is 19.2. The van der Waals surface area contributed by atoms with Crippen LogP contribution in [-0.2, 0) is 0 Å². The van der Waals surface area contributed by atoms with Crippen molar-refractivity contribution in [2.24, 2.45) is 0 Å². The Morgan fingerprint density at radius 3 is 2.59 bits per heavy atom. The Kier molecular flexibility index (Phi) is 2.51. The fraction of sp³-hybridized carbons (Fsp3) is 0. The number of carboxylic acids is 1. The zero-order valence-electron chi connectivity index (χ0n) is 8.15. The summed E-state index contributed by atoms with van der Waals surface area (Å²) in [5, 5.41) is 20.7. The molecule has 0 aliphatic heterocycles. The molecule has 2 rings (SSSR count). The van der Waals surface area contributed by atoms with Crippen molar-refractivity contribution in [3.8, 4) is 17.1 Å². The fourth-order valence-electron chi connectivity index (χ4n) is 1.23. The molecule has 0 spiro atoms. The van der Waals surface area contributed by atoms with Gasteiger partial charge in [-0.25, -0.2) is 9.18 Å². The van der Waals surface area contributed by atoms with E-state index >= 15 is 0 Å². The van der Waals surface area contributed by atoms with Gasteiger partial charge in [-0.2, -0.15) is 4.39 Å². The van der Waals surface area contributed by atoms with Crippen LogP contribution in [0.2, 0.25) is 0 Å². The smallest absolute Gasteiger partial charge is 0.358 e. The molecule has 0 radical (unpaired) electrons. The molecule has 2 aromatic rings. The van der Waals surface area contributed by atoms with Crippen LogP contribution in [0.1, 0.15) is 10.5 Å². The maximum absolute atomic E-state index is 13.4. The van der Waals surface area contributed by atoms with Gasteiger partial charge in [-0.3, -0.25) is 0 Å². The number of phenolic OH excluding ortho intramolecular Hbond substituents is 1. The van der Waals surface area contributed by atoms with Crippen molar-refractivity contribution in [1.82, 2.24) is 5.16 Å². The van der Waals surface area contributed by atoms with Gasteiger partial charge in [-0.15, -0.1) is 0 Å². The maximum atomic E-state index is 13.4. The second-order valence-corrected chi connectivity index (χ2v) is 3.14. The molecule has 1 aromatic carbocycles. The standard InChI is InChI=1S/C10H5F2NO4/c11-8-4(1-2-6(14)9(8)12)7-3-5(10(15)16)13-17-7/h1-3,14H,(H,15,16). The predicted molar refractivity (Wildman–Crippen MR) is 50.5 cm³/mol. The van der Waals surface area contributed by atoms with Crippen LogP contribution in [0, 0.1) is 11.6 Å². The first-order valence-electron chi connectivity index (χ1n) is 4.38. The summed E-state index contributed by atoms with van der Waals surface area (Å²) in [6.07, 6.45) is 0. The molecule has 0 saturated carbocycles. The first-order chi connectivity index (χ1) is 8.00. The normalized spacial score (nSPS) is 10.5. The van der Waals surface area contributed by atoms with Crippen LogP contribution in [0.25, 0.3) is 11.3 Å². The third-order valence-corrected chi connectivity index (χ3v) is 2.06. The third kappa shape index (κ3) is 1.82. The van der Waals surface area contributed by atoms with Gasteiger partial charge < -0.3 is 14.7 Å². The fourth-order valence-corrected chi connectivity index (χ4v) is 1.23. The van der Waals surface area contributed by atoms with Crippen LogP contribution < -0.4 is 0 Å². The summed E-state index contributed by atoms with van der Waals surface area (Å²) in [5.41, 5.74) is -0.742. The summed E-state index contributed by atoms with van der Waals surface area (Å²) < 4.78 is 31.0. The van der Waals surface area contributed by atoms with Gasteiger partial charge in [0.2, 0.25) is 5.82 Å². The second-order valence-electron chi connectivity index (χ2n) is 3.14. The molecule has 17 heavy (non-hydrogen) atoms. The average Bonchev–Trinajstić information content (AvgIpc) is 2.75. The summed E-state index contributed by atoms with van der Waals surface area (Å²) in [6.45, 7) is 0. The van der Waals surface area contributed by atoms with Crippen molar-refractivity contribution in [1.29, 1.82) is 0 Å². The number of hydrogen-bond donors (Lipinski definition) is 2. The molecule has 5 nitrogen and oxygen atoms in total. The van der Waals surface area contributed by atoms with Crippen molar-refractivity contribution in [3.05, 3.63) is 35.5 Å². The van der Waals surface area contributed by atoms with Gasteiger partial charge in [0.15, 0.2) is 23.0 Å². The van der Waals surface area contributed by atoms with E-state index in [1.165, 1.54) is 0 Å². The van der Waals surface area contributed by atoms with E-state index in [-0.39, 0.29) is 11.3 Å². The molecule has 88 valence electrons. The lowest BCUT2D eigenvalue weighted by Gasteiger charge is -2.00. The van der Waals surface area contributed by atoms with Crippen molar-refractivity contribution >= 4 is 5.97 Å². The number of aromatic hydroxyl groups is 1. The monoisotopic (exact) mass is 241 g/mol. The zero-order valence-corrected chi connectivity index (χ0v) is 8.15. The zero-order chi connectivity index (χ0) is 12.6. The van der Waals surface area contributed by atoms with Crippen LogP contribution in [0.4, 0.5) is 8.78 Å². The molecule has 0 atom stereocenters. The van der Waals surface area contributed by atoms with E-state index in [9.17, 15) is 13.6 Å². The van der Waals surface area contributed by atoms with Gasteiger partial charge in [0.05, 0.1) is 5.56 Å². The minimum atomic E-state index is -1.43. The minimum Gasteiger partial charge on any atom is -0.505 e. The number of halogens is 2. The number of rotatable bonds is 2. The summed E-state index contributed by atoms with van der Waals surface area (Å²) in [7, 11) is 0. The average molecular weight is 241 g/mol. The quantitative estimate of drug-likeness (QED) is 0.840. The Morgan fingerprint density at radius 1 is 1.29 bits per heavy atom. The topological polar surface area (TPSA) is 83.6 Å². The van der Waals surface area contributed by atoms with Crippen molar-refractivity contribution in [2.75, 3.05) is 0 Å². The van der Waals surface area contributed by atoms with Gasteiger partial charge in [-0.05, 0) is 12.1 Å². The molecule has 7 heteroatoms. The Labute approximate surface area is 92.9 Å². The SMILES string of the molecule is O=C(O)c1cc(-c2ccc(O)c(F)c2F)on1. The van der Waals surface area contributed by atoms with Gasteiger partial charge in [0, 0.05) is 6.07 Å². The number of carboxylic acid groups (broad SMARTS) is 1. The number of benzene rings is 1. The predicted octanol–water partition coefficient (Wildman–Crippen LogP) is 2.02. The molecule has 1 heterocycles. The Balaban J connectivity index is 2.53. The van der Waals surface area contributed by atoms with E-state index in [2.05, 4.69) is 9.68 Å². The van der Waals surface area contributed by atoms with Gasteiger partial charge in [-0.1, -0.05) is 5.16 Å². The van der Waals surface area contributed by atoms with E-state index in [0.717, 1.165) is 18.2 Å². The summed E-state index contributed by atoms with van der Waals surface area (Å²) in [6, 6.07) is 2.94. The van der Waals surface area contributed by atoms with Crippen LogP contribution in [0.3, 0.4) is 0 Å². The highest BCUT2D eigenvalue weighted by Gasteiger charge is 2.19. The molecular formula is C10H5F2NO4. The lowest BCUT2D eigenvalue weighted by atomic mass is 10.1. The van der Waals surface area contributed by atoms with Crippen molar-refractivity contribution in [2.45, 2.75) is 0 Å². The van der Waals surface area contributed by atoms with E-state index in [1.807, 2.05) is 0 Å². The molecule has 0 amide bonds. The molecule has 1 aromatic heterocycles. The summed E-state index contributed by atoms with van der Waals surface area (Å²) in [5.74, 6) is -5.20. The van der Waals surface area contributed by atoms with Crippen LogP contribution >= 0.6 is 0 Å². The molecule has 0 aliphatic carbocycles. The van der Waals surface area contributed by atoms with E-state index < -0.39 is 29.0 Å². The van der Waals surface area contributed by atoms with Gasteiger partial charge >= 0.3 is 5.97 Å². The number of hydrogen-bond acceptors (Lipinski definition) is 4. The minimum absolute atomic E-state index is 0.237. The first kappa shape index (κ1) is 11.1. The van der Waals surface area contributed by atoms with Gasteiger partial charge in [0.25, 0.3) is 0 Å². The number of aromatic carboxylic acids is 1. The Bertz CT molecular complexity index is 594. The molecule has 0 aliphatic rings.